The van der Waals surface area contributed by atoms with Crippen molar-refractivity contribution < 1.29 is 4.79 Å². The van der Waals surface area contributed by atoms with Crippen LogP contribution in [0.2, 0.25) is 0 Å². The molecule has 2 fully saturated rings. The van der Waals surface area contributed by atoms with Gasteiger partial charge in [-0.2, -0.15) is 5.10 Å². The number of likely N-dealkylation sites (tertiary alicyclic amines) is 2. The Bertz CT molecular complexity index is 793. The number of hydrogen-bond donors (Lipinski definition) is 1. The van der Waals surface area contributed by atoms with Gasteiger partial charge in [-0.15, -0.1) is 0 Å². The highest BCUT2D eigenvalue weighted by Gasteiger charge is 2.56. The van der Waals surface area contributed by atoms with Crippen LogP contribution >= 0.6 is 0 Å². The van der Waals surface area contributed by atoms with E-state index in [1.54, 1.807) is 0 Å². The molecule has 1 spiro atoms. The molecule has 4 rings (SSSR count). The summed E-state index contributed by atoms with van der Waals surface area (Å²) in [4.78, 5) is 21.6. The van der Waals surface area contributed by atoms with Crippen LogP contribution < -0.4 is 0 Å². The largest absolute Gasteiger partial charge is 0.341 e. The van der Waals surface area contributed by atoms with Crippen molar-refractivity contribution in [1.82, 2.24) is 25.0 Å². The number of aromatic nitrogens is 3. The predicted octanol–water partition coefficient (Wildman–Crippen LogP) is 1.52. The molecular weight excluding hydrogens is 314 g/mol. The smallest absolute Gasteiger partial charge is 0.227 e. The number of rotatable bonds is 3. The molecule has 1 unspecified atom stereocenters. The number of hydrogen-bond acceptors (Lipinski definition) is 4. The number of carbonyl (C=O) groups is 1. The number of carbonyl (C=O) groups excluding carboxylic acids is 1. The summed E-state index contributed by atoms with van der Waals surface area (Å²) < 4.78 is 0. The molecule has 1 aromatic heterocycles. The zero-order chi connectivity index (χ0) is 17.6. The lowest BCUT2D eigenvalue weighted by Gasteiger charge is -2.50. The molecule has 132 valence electrons. The molecule has 0 aliphatic carbocycles. The molecule has 0 radical (unpaired) electrons. The summed E-state index contributed by atoms with van der Waals surface area (Å²) in [7, 11) is 2.14. The van der Waals surface area contributed by atoms with Crippen LogP contribution in [-0.2, 0) is 11.2 Å². The van der Waals surface area contributed by atoms with Gasteiger partial charge in [-0.05, 0) is 32.0 Å². The number of benzene rings is 1. The molecule has 1 aromatic carbocycles. The standard InChI is InChI=1S/C19H25N5O/c1-13-6-4-5-7-15(13)8-17(25)24-11-19(12-24)10-23(3)9-16(19)18-20-14(2)21-22-18/h4-7,16H,8-12H2,1-3H3,(H,20,21,22). The van der Waals surface area contributed by atoms with E-state index in [2.05, 4.69) is 40.1 Å². The second kappa shape index (κ2) is 5.95. The van der Waals surface area contributed by atoms with E-state index in [4.69, 9.17) is 0 Å². The molecule has 1 atom stereocenters. The highest BCUT2D eigenvalue weighted by molar-refractivity contribution is 5.80. The molecule has 0 saturated carbocycles. The molecule has 6 heteroatoms. The van der Waals surface area contributed by atoms with E-state index in [1.165, 1.54) is 5.56 Å². The molecule has 3 heterocycles. The second-order valence-corrected chi connectivity index (χ2v) is 7.74. The summed E-state index contributed by atoms with van der Waals surface area (Å²) in [5.74, 6) is 2.27. The molecule has 1 N–H and O–H groups in total. The van der Waals surface area contributed by atoms with Gasteiger partial charge in [0.05, 0.1) is 6.42 Å². The van der Waals surface area contributed by atoms with Crippen molar-refractivity contribution in [2.75, 3.05) is 33.2 Å². The Morgan fingerprint density at radius 1 is 1.28 bits per heavy atom. The first-order valence-corrected chi connectivity index (χ1v) is 8.86. The van der Waals surface area contributed by atoms with Crippen LogP contribution in [0.4, 0.5) is 0 Å². The highest BCUT2D eigenvalue weighted by Crippen LogP contribution is 2.47. The van der Waals surface area contributed by atoms with Gasteiger partial charge < -0.3 is 9.80 Å². The number of aromatic amines is 1. The van der Waals surface area contributed by atoms with Crippen LogP contribution in [0.3, 0.4) is 0 Å². The van der Waals surface area contributed by atoms with Crippen molar-refractivity contribution in [1.29, 1.82) is 0 Å². The number of amides is 1. The van der Waals surface area contributed by atoms with E-state index in [9.17, 15) is 4.79 Å². The van der Waals surface area contributed by atoms with Crippen molar-refractivity contribution in [3.05, 3.63) is 47.0 Å². The zero-order valence-electron chi connectivity index (χ0n) is 15.1. The minimum atomic E-state index is 0.102. The van der Waals surface area contributed by atoms with Crippen molar-refractivity contribution in [3.8, 4) is 0 Å². The molecule has 0 bridgehead atoms. The Balaban J connectivity index is 1.46. The fourth-order valence-corrected chi connectivity index (χ4v) is 4.38. The first-order valence-electron chi connectivity index (χ1n) is 8.86. The molecular formula is C19H25N5O. The third-order valence-electron chi connectivity index (χ3n) is 5.71. The fourth-order valence-electron chi connectivity index (χ4n) is 4.38. The number of nitrogens with zero attached hydrogens (tertiary/aromatic N) is 4. The van der Waals surface area contributed by atoms with Crippen molar-refractivity contribution in [2.45, 2.75) is 26.2 Å². The minimum absolute atomic E-state index is 0.102. The van der Waals surface area contributed by atoms with Crippen LogP contribution in [-0.4, -0.2) is 64.1 Å². The normalized spacial score (nSPS) is 22.4. The summed E-state index contributed by atoms with van der Waals surface area (Å²) in [5, 5.41) is 7.35. The van der Waals surface area contributed by atoms with Gasteiger partial charge in [-0.25, -0.2) is 4.98 Å². The van der Waals surface area contributed by atoms with Gasteiger partial charge in [0.25, 0.3) is 0 Å². The number of likely N-dealkylation sites (N-methyl/N-ethyl adjacent to an activating group) is 1. The van der Waals surface area contributed by atoms with Crippen LogP contribution in [0.1, 0.15) is 28.7 Å². The maximum Gasteiger partial charge on any atom is 0.227 e. The second-order valence-electron chi connectivity index (χ2n) is 7.74. The third kappa shape index (κ3) is 2.84. The van der Waals surface area contributed by atoms with E-state index in [0.717, 1.165) is 43.4 Å². The van der Waals surface area contributed by atoms with Crippen LogP contribution in [0, 0.1) is 19.3 Å². The van der Waals surface area contributed by atoms with E-state index >= 15 is 0 Å². The summed E-state index contributed by atoms with van der Waals surface area (Å²) in [5.41, 5.74) is 2.41. The summed E-state index contributed by atoms with van der Waals surface area (Å²) in [6.07, 6.45) is 0.489. The van der Waals surface area contributed by atoms with Gasteiger partial charge in [-0.1, -0.05) is 24.3 Å². The quantitative estimate of drug-likeness (QED) is 0.921. The average Bonchev–Trinajstić information content (AvgIpc) is 3.11. The van der Waals surface area contributed by atoms with Gasteiger partial charge in [0.1, 0.15) is 5.82 Å². The predicted molar refractivity (Wildman–Crippen MR) is 95.3 cm³/mol. The summed E-state index contributed by atoms with van der Waals surface area (Å²) in [6.45, 7) is 7.56. The summed E-state index contributed by atoms with van der Waals surface area (Å²) in [6, 6.07) is 8.12. The van der Waals surface area contributed by atoms with E-state index in [-0.39, 0.29) is 11.3 Å². The lowest BCUT2D eigenvalue weighted by atomic mass is 9.71. The van der Waals surface area contributed by atoms with Crippen LogP contribution in [0.25, 0.3) is 0 Å². The van der Waals surface area contributed by atoms with E-state index < -0.39 is 0 Å². The number of H-pyrrole nitrogens is 1. The monoisotopic (exact) mass is 339 g/mol. The lowest BCUT2D eigenvalue weighted by molar-refractivity contribution is -0.142. The molecule has 6 nitrogen and oxygen atoms in total. The van der Waals surface area contributed by atoms with E-state index in [0.29, 0.717) is 12.3 Å². The first kappa shape index (κ1) is 16.3. The van der Waals surface area contributed by atoms with Crippen LogP contribution in [0.5, 0.6) is 0 Å². The lowest BCUT2D eigenvalue weighted by Crippen LogP contribution is -2.61. The van der Waals surface area contributed by atoms with Gasteiger partial charge in [-0.3, -0.25) is 9.89 Å². The number of aryl methyl sites for hydroxylation is 2. The Morgan fingerprint density at radius 2 is 2.04 bits per heavy atom. The zero-order valence-corrected chi connectivity index (χ0v) is 15.1. The maximum atomic E-state index is 12.7. The maximum absolute atomic E-state index is 12.7. The third-order valence-corrected chi connectivity index (χ3v) is 5.71. The van der Waals surface area contributed by atoms with Gasteiger partial charge in [0.2, 0.25) is 5.91 Å². The molecule has 2 saturated heterocycles. The Hall–Kier alpha value is -2.21. The van der Waals surface area contributed by atoms with Crippen molar-refractivity contribution >= 4 is 5.91 Å². The molecule has 2 aliphatic rings. The highest BCUT2D eigenvalue weighted by atomic mass is 16.2. The molecule has 2 aliphatic heterocycles. The minimum Gasteiger partial charge on any atom is -0.341 e. The van der Waals surface area contributed by atoms with E-state index in [1.807, 2.05) is 30.0 Å². The fraction of sp³-hybridized carbons (Fsp3) is 0.526. The summed E-state index contributed by atoms with van der Waals surface area (Å²) >= 11 is 0. The molecule has 2 aromatic rings. The Morgan fingerprint density at radius 3 is 2.72 bits per heavy atom. The molecule has 25 heavy (non-hydrogen) atoms. The van der Waals surface area contributed by atoms with Gasteiger partial charge in [0, 0.05) is 37.5 Å². The topological polar surface area (TPSA) is 65.1 Å². The number of nitrogens with one attached hydrogen (secondary N) is 1. The van der Waals surface area contributed by atoms with Gasteiger partial charge >= 0.3 is 0 Å². The first-order chi connectivity index (χ1) is 12.0. The Kier molecular flexibility index (Phi) is 3.87. The van der Waals surface area contributed by atoms with Crippen LogP contribution in [0.15, 0.2) is 24.3 Å². The average molecular weight is 339 g/mol. The van der Waals surface area contributed by atoms with Crippen molar-refractivity contribution in [3.63, 3.8) is 0 Å². The van der Waals surface area contributed by atoms with Gasteiger partial charge in [0.15, 0.2) is 5.82 Å². The molecule has 1 amide bonds. The SMILES string of the molecule is Cc1nc(C2CN(C)CC23CN(C(=O)Cc2ccccc2C)C3)n[nH]1. The Labute approximate surface area is 148 Å². The van der Waals surface area contributed by atoms with Crippen molar-refractivity contribution in [2.24, 2.45) is 5.41 Å².